The number of carbonyl (C=O) groups is 1. The number of hydrogen-bond donors (Lipinski definition) is 1. The summed E-state index contributed by atoms with van der Waals surface area (Å²) in [4.78, 5) is 41.6. The van der Waals surface area contributed by atoms with Crippen LogP contribution in [0.4, 0.5) is 11.4 Å². The molecule has 4 aromatic carbocycles. The van der Waals surface area contributed by atoms with Crippen LogP contribution in [0, 0.1) is 16.0 Å². The Balaban J connectivity index is 1.30. The fourth-order valence-electron chi connectivity index (χ4n) is 8.21. The van der Waals surface area contributed by atoms with E-state index in [2.05, 4.69) is 30.3 Å². The van der Waals surface area contributed by atoms with Crippen LogP contribution in [0.1, 0.15) is 24.5 Å². The summed E-state index contributed by atoms with van der Waals surface area (Å²) in [5.74, 6) is 0.0514. The van der Waals surface area contributed by atoms with E-state index in [9.17, 15) is 24.8 Å². The van der Waals surface area contributed by atoms with Crippen molar-refractivity contribution in [3.05, 3.63) is 129 Å². The van der Waals surface area contributed by atoms with Crippen molar-refractivity contribution in [1.29, 1.82) is 0 Å². The summed E-state index contributed by atoms with van der Waals surface area (Å²) >= 11 is 0. The summed E-state index contributed by atoms with van der Waals surface area (Å²) in [6.07, 6.45) is 1.50. The maximum atomic E-state index is 15.0. The minimum Gasteiger partial charge on any atom is -0.497 e. The Bertz CT molecular complexity index is 2190. The van der Waals surface area contributed by atoms with Crippen LogP contribution in [0.3, 0.4) is 0 Å². The van der Waals surface area contributed by atoms with Gasteiger partial charge in [0.1, 0.15) is 5.75 Å². The van der Waals surface area contributed by atoms with Gasteiger partial charge in [0.05, 0.1) is 55.7 Å². The SMILES string of the molecule is COc1ccc([Si](C)(C)[C@@H]2[C@@H](CCO)O[C@]3(C(=O)N(Cc4cccc(-n5ncc6ccccc6c5=O)c4)c4ccc([N+](=O)[O-])cc43)[C@H]2C)cc1. The molecule has 12 heteroatoms. The molecule has 50 heavy (non-hydrogen) atoms. The maximum absolute atomic E-state index is 15.0. The van der Waals surface area contributed by atoms with Crippen molar-refractivity contribution in [2.45, 2.75) is 50.2 Å². The topological polar surface area (TPSA) is 137 Å². The van der Waals surface area contributed by atoms with Crippen LogP contribution in [-0.2, 0) is 21.7 Å². The summed E-state index contributed by atoms with van der Waals surface area (Å²) in [5.41, 5.74) is 0.262. The van der Waals surface area contributed by atoms with E-state index in [1.807, 2.05) is 55.5 Å². The van der Waals surface area contributed by atoms with Crippen molar-refractivity contribution >= 4 is 41.3 Å². The van der Waals surface area contributed by atoms with Gasteiger partial charge >= 0.3 is 0 Å². The van der Waals surface area contributed by atoms with Crippen molar-refractivity contribution in [2.75, 3.05) is 18.6 Å². The average molecular weight is 691 g/mol. The number of nitro groups is 1. The highest BCUT2D eigenvalue weighted by Gasteiger charge is 2.66. The number of non-ortho nitro benzene ring substituents is 1. The molecule has 1 N–H and O–H groups in total. The first-order chi connectivity index (χ1) is 24.0. The van der Waals surface area contributed by atoms with Gasteiger partial charge < -0.3 is 19.5 Å². The predicted molar refractivity (Wildman–Crippen MR) is 193 cm³/mol. The molecule has 256 valence electrons. The average Bonchev–Trinajstić information content (AvgIpc) is 3.54. The molecule has 0 radical (unpaired) electrons. The van der Waals surface area contributed by atoms with Gasteiger partial charge in [0.15, 0.2) is 5.60 Å². The summed E-state index contributed by atoms with van der Waals surface area (Å²) in [6.45, 7) is 6.48. The highest BCUT2D eigenvalue weighted by atomic mass is 28.3. The third-order valence-electron chi connectivity index (χ3n) is 10.6. The van der Waals surface area contributed by atoms with Gasteiger partial charge in [-0.1, -0.05) is 67.7 Å². The third kappa shape index (κ3) is 5.22. The second kappa shape index (κ2) is 12.6. The van der Waals surface area contributed by atoms with Crippen LogP contribution in [-0.4, -0.2) is 53.6 Å². The molecule has 1 spiro atoms. The van der Waals surface area contributed by atoms with Crippen LogP contribution in [0.15, 0.2) is 102 Å². The van der Waals surface area contributed by atoms with E-state index in [1.54, 1.807) is 36.4 Å². The first kappa shape index (κ1) is 33.3. The van der Waals surface area contributed by atoms with Crippen LogP contribution in [0.5, 0.6) is 5.75 Å². The molecule has 0 bridgehead atoms. The van der Waals surface area contributed by atoms with E-state index >= 15 is 0 Å². The van der Waals surface area contributed by atoms with Gasteiger partial charge in [-0.2, -0.15) is 9.78 Å². The van der Waals surface area contributed by atoms with Gasteiger partial charge in [0, 0.05) is 35.6 Å². The maximum Gasteiger partial charge on any atom is 0.279 e. The van der Waals surface area contributed by atoms with E-state index in [4.69, 9.17) is 9.47 Å². The van der Waals surface area contributed by atoms with Crippen molar-refractivity contribution in [3.8, 4) is 11.4 Å². The lowest BCUT2D eigenvalue weighted by atomic mass is 9.82. The lowest BCUT2D eigenvalue weighted by molar-refractivity contribution is -0.385. The largest absolute Gasteiger partial charge is 0.497 e. The second-order valence-electron chi connectivity index (χ2n) is 13.6. The highest BCUT2D eigenvalue weighted by molar-refractivity contribution is 6.91. The first-order valence-electron chi connectivity index (χ1n) is 16.6. The normalized spacial score (nSPS) is 21.6. The van der Waals surface area contributed by atoms with Crippen LogP contribution < -0.4 is 20.4 Å². The number of benzene rings is 4. The zero-order valence-electron chi connectivity index (χ0n) is 28.3. The lowest BCUT2D eigenvalue weighted by Gasteiger charge is -2.37. The zero-order valence-corrected chi connectivity index (χ0v) is 29.3. The molecule has 5 aromatic rings. The van der Waals surface area contributed by atoms with E-state index in [-0.39, 0.29) is 41.8 Å². The molecule has 1 amide bonds. The lowest BCUT2D eigenvalue weighted by Crippen LogP contribution is -2.51. The standard InChI is InChI=1S/C38H38N4O7Si/c1-24-35(50(3,4)30-15-13-29(48-2)14-16-30)34(18-19-43)49-38(24)32-21-28(42(46)47)12-17-33(32)40(37(38)45)23-25-8-7-10-27(20-25)41-36(44)31-11-6-5-9-26(31)22-39-41/h5-17,20-22,24,34-35,43H,18-19,23H2,1-4H3/t24-,34+,35-,38+/m0/s1. The van der Waals surface area contributed by atoms with E-state index in [1.165, 1.54) is 16.8 Å². The minimum absolute atomic E-state index is 0.117. The van der Waals surface area contributed by atoms with Crippen LogP contribution in [0.2, 0.25) is 18.6 Å². The van der Waals surface area contributed by atoms with E-state index < -0.39 is 24.7 Å². The number of amides is 1. The molecule has 1 saturated heterocycles. The summed E-state index contributed by atoms with van der Waals surface area (Å²) < 4.78 is 13.6. The van der Waals surface area contributed by atoms with E-state index in [0.717, 1.165) is 21.9 Å². The number of methoxy groups -OCH3 is 1. The van der Waals surface area contributed by atoms with Crippen molar-refractivity contribution in [3.63, 3.8) is 0 Å². The Morgan fingerprint density at radius 1 is 1.02 bits per heavy atom. The Kier molecular flexibility index (Phi) is 8.41. The minimum atomic E-state index is -2.43. The van der Waals surface area contributed by atoms with Gasteiger partial charge in [0.2, 0.25) is 0 Å². The number of aromatic nitrogens is 2. The van der Waals surface area contributed by atoms with Gasteiger partial charge in [0.25, 0.3) is 17.2 Å². The number of ether oxygens (including phenoxy) is 2. The molecule has 4 atom stereocenters. The fraction of sp³-hybridized carbons (Fsp3) is 0.289. The van der Waals surface area contributed by atoms with Gasteiger partial charge in [-0.3, -0.25) is 19.7 Å². The Labute approximate surface area is 289 Å². The number of hydrogen-bond acceptors (Lipinski definition) is 8. The molecular weight excluding hydrogens is 653 g/mol. The number of nitrogens with zero attached hydrogens (tertiary/aromatic N) is 4. The molecule has 2 aliphatic rings. The first-order valence-corrected chi connectivity index (χ1v) is 19.7. The third-order valence-corrected chi connectivity index (χ3v) is 15.0. The number of fused-ring (bicyclic) bond motifs is 3. The van der Waals surface area contributed by atoms with Crippen LogP contribution in [0.25, 0.3) is 16.5 Å². The number of anilines is 1. The molecule has 3 heterocycles. The van der Waals surface area contributed by atoms with Gasteiger partial charge in [-0.15, -0.1) is 0 Å². The summed E-state index contributed by atoms with van der Waals surface area (Å²) in [7, 11) is -0.806. The summed E-state index contributed by atoms with van der Waals surface area (Å²) in [6, 6.07) is 27.0. The Morgan fingerprint density at radius 2 is 1.78 bits per heavy atom. The quantitative estimate of drug-likeness (QED) is 0.123. The smallest absolute Gasteiger partial charge is 0.279 e. The molecule has 0 aliphatic carbocycles. The molecule has 1 aromatic heterocycles. The molecule has 7 rings (SSSR count). The molecule has 0 unspecified atom stereocenters. The van der Waals surface area contributed by atoms with Crippen molar-refractivity contribution < 1.29 is 24.3 Å². The molecular formula is C38H38N4O7Si. The molecule has 11 nitrogen and oxygen atoms in total. The molecule has 2 aliphatic heterocycles. The van der Waals surface area contributed by atoms with Gasteiger partial charge in [-0.05, 0) is 53.9 Å². The fourth-order valence-corrected chi connectivity index (χ4v) is 12.3. The Hall–Kier alpha value is -5.17. The number of rotatable bonds is 9. The number of aliphatic hydroxyl groups is 1. The monoisotopic (exact) mass is 690 g/mol. The van der Waals surface area contributed by atoms with E-state index in [0.29, 0.717) is 28.7 Å². The number of nitro benzene ring substituents is 1. The van der Waals surface area contributed by atoms with Crippen molar-refractivity contribution in [1.82, 2.24) is 9.78 Å². The predicted octanol–water partition coefficient (Wildman–Crippen LogP) is 5.45. The Morgan fingerprint density at radius 3 is 2.50 bits per heavy atom. The van der Waals surface area contributed by atoms with Crippen molar-refractivity contribution in [2.24, 2.45) is 5.92 Å². The number of aliphatic hydroxyl groups excluding tert-OH is 1. The molecule has 1 fully saturated rings. The second-order valence-corrected chi connectivity index (χ2v) is 18.3. The zero-order chi connectivity index (χ0) is 35.4. The van der Waals surface area contributed by atoms with Crippen LogP contribution >= 0.6 is 0 Å². The van der Waals surface area contributed by atoms with Gasteiger partial charge in [-0.25, -0.2) is 0 Å². The number of carbonyl (C=O) groups excluding carboxylic acids is 1. The highest BCUT2D eigenvalue weighted by Crippen LogP contribution is 2.60. The molecule has 0 saturated carbocycles. The summed E-state index contributed by atoms with van der Waals surface area (Å²) in [5, 5.41) is 29.1.